The smallest absolute Gasteiger partial charge is 0.228 e. The van der Waals surface area contributed by atoms with Gasteiger partial charge in [0.2, 0.25) is 5.89 Å². The van der Waals surface area contributed by atoms with Crippen LogP contribution >= 0.6 is 0 Å². The van der Waals surface area contributed by atoms with Crippen LogP contribution in [0.25, 0.3) is 0 Å². The van der Waals surface area contributed by atoms with Gasteiger partial charge in [-0.2, -0.15) is 4.98 Å². The van der Waals surface area contributed by atoms with E-state index in [0.29, 0.717) is 5.92 Å². The highest BCUT2D eigenvalue weighted by Crippen LogP contribution is 2.38. The summed E-state index contributed by atoms with van der Waals surface area (Å²) in [4.78, 5) is 4.73. The first-order valence-corrected chi connectivity index (χ1v) is 8.76. The summed E-state index contributed by atoms with van der Waals surface area (Å²) >= 11 is 0. The minimum absolute atomic E-state index is 0.184. The Morgan fingerprint density at radius 2 is 2.05 bits per heavy atom. The maximum atomic E-state index is 5.57. The molecule has 0 amide bonds. The third-order valence-corrected chi connectivity index (χ3v) is 5.80. The molecule has 0 bridgehead atoms. The first kappa shape index (κ1) is 15.0. The molecule has 3 rings (SSSR count). The lowest BCUT2D eigenvalue weighted by Crippen LogP contribution is -2.46. The lowest BCUT2D eigenvalue weighted by molar-refractivity contribution is 0.221. The molecular formula is C17H29N3O. The molecule has 4 heteroatoms. The summed E-state index contributed by atoms with van der Waals surface area (Å²) in [6.07, 6.45) is 12.4. The van der Waals surface area contributed by atoms with Gasteiger partial charge in [0.05, 0.1) is 0 Å². The van der Waals surface area contributed by atoms with Crippen molar-refractivity contribution in [2.75, 3.05) is 7.05 Å². The van der Waals surface area contributed by atoms with E-state index in [0.717, 1.165) is 24.1 Å². The molecule has 4 nitrogen and oxygen atoms in total. The largest absolute Gasteiger partial charge is 0.339 e. The molecular weight excluding hydrogens is 262 g/mol. The second-order valence-corrected chi connectivity index (χ2v) is 7.10. The molecule has 0 radical (unpaired) electrons. The van der Waals surface area contributed by atoms with Gasteiger partial charge in [0.15, 0.2) is 5.82 Å². The van der Waals surface area contributed by atoms with Gasteiger partial charge in [0, 0.05) is 17.9 Å². The molecule has 21 heavy (non-hydrogen) atoms. The van der Waals surface area contributed by atoms with E-state index >= 15 is 0 Å². The van der Waals surface area contributed by atoms with Gasteiger partial charge >= 0.3 is 0 Å². The Hall–Kier alpha value is -0.900. The van der Waals surface area contributed by atoms with Gasteiger partial charge in [-0.15, -0.1) is 0 Å². The van der Waals surface area contributed by atoms with E-state index in [-0.39, 0.29) is 5.54 Å². The first-order valence-electron chi connectivity index (χ1n) is 8.76. The van der Waals surface area contributed by atoms with Crippen LogP contribution in [-0.2, 0) is 6.42 Å². The molecule has 1 aromatic rings. The van der Waals surface area contributed by atoms with Crippen LogP contribution in [0.4, 0.5) is 0 Å². The van der Waals surface area contributed by atoms with E-state index in [2.05, 4.69) is 24.4 Å². The Bertz CT molecular complexity index is 451. The van der Waals surface area contributed by atoms with Gasteiger partial charge in [-0.3, -0.25) is 0 Å². The van der Waals surface area contributed by atoms with Crippen LogP contribution in [-0.4, -0.2) is 22.7 Å². The standard InChI is InChI=1S/C17H29N3O/c1-3-13-7-8-14(11-13)16-19-15(21-20-16)12-17(18-2)9-5-4-6-10-17/h13-14,18H,3-12H2,1-2H3. The predicted molar refractivity (Wildman–Crippen MR) is 83.3 cm³/mol. The van der Waals surface area contributed by atoms with E-state index in [4.69, 9.17) is 9.51 Å². The molecule has 1 N–H and O–H groups in total. The number of likely N-dealkylation sites (N-methyl/N-ethyl adjacent to an activating group) is 1. The van der Waals surface area contributed by atoms with Crippen molar-refractivity contribution in [2.24, 2.45) is 5.92 Å². The molecule has 2 aliphatic carbocycles. The number of rotatable bonds is 5. The zero-order valence-corrected chi connectivity index (χ0v) is 13.5. The minimum atomic E-state index is 0.184. The van der Waals surface area contributed by atoms with Gasteiger partial charge in [0.1, 0.15) is 0 Å². The zero-order chi connectivity index (χ0) is 14.7. The second kappa shape index (κ2) is 6.47. The van der Waals surface area contributed by atoms with Crippen molar-refractivity contribution in [3.8, 4) is 0 Å². The lowest BCUT2D eigenvalue weighted by atomic mass is 9.79. The lowest BCUT2D eigenvalue weighted by Gasteiger charge is -2.36. The molecule has 2 saturated carbocycles. The van der Waals surface area contributed by atoms with Crippen molar-refractivity contribution in [3.05, 3.63) is 11.7 Å². The number of hydrogen-bond donors (Lipinski definition) is 1. The van der Waals surface area contributed by atoms with E-state index in [1.54, 1.807) is 0 Å². The van der Waals surface area contributed by atoms with Crippen molar-refractivity contribution < 1.29 is 4.52 Å². The SMILES string of the molecule is CCC1CCC(c2noc(CC3(NC)CCCCC3)n2)C1. The fourth-order valence-electron chi connectivity index (χ4n) is 4.22. The molecule has 2 aliphatic rings. The highest BCUT2D eigenvalue weighted by Gasteiger charge is 2.34. The summed E-state index contributed by atoms with van der Waals surface area (Å²) in [7, 11) is 2.07. The van der Waals surface area contributed by atoms with Crippen LogP contribution in [0.2, 0.25) is 0 Å². The Morgan fingerprint density at radius 1 is 1.24 bits per heavy atom. The number of aromatic nitrogens is 2. The average molecular weight is 291 g/mol. The fourth-order valence-corrected chi connectivity index (χ4v) is 4.22. The van der Waals surface area contributed by atoms with Crippen molar-refractivity contribution >= 4 is 0 Å². The van der Waals surface area contributed by atoms with Gasteiger partial charge in [-0.1, -0.05) is 37.8 Å². The number of hydrogen-bond acceptors (Lipinski definition) is 4. The molecule has 2 unspecified atom stereocenters. The van der Waals surface area contributed by atoms with Crippen LogP contribution in [0.1, 0.15) is 82.3 Å². The van der Waals surface area contributed by atoms with Gasteiger partial charge in [-0.25, -0.2) is 0 Å². The van der Waals surface area contributed by atoms with Crippen LogP contribution in [0.3, 0.4) is 0 Å². The normalized spacial score (nSPS) is 28.9. The fraction of sp³-hybridized carbons (Fsp3) is 0.882. The molecule has 2 fully saturated rings. The maximum Gasteiger partial charge on any atom is 0.228 e. The highest BCUT2D eigenvalue weighted by atomic mass is 16.5. The van der Waals surface area contributed by atoms with E-state index < -0.39 is 0 Å². The second-order valence-electron chi connectivity index (χ2n) is 7.10. The summed E-state index contributed by atoms with van der Waals surface area (Å²) < 4.78 is 5.57. The van der Waals surface area contributed by atoms with Crippen molar-refractivity contribution in [3.63, 3.8) is 0 Å². The average Bonchev–Trinajstić information content (AvgIpc) is 3.16. The van der Waals surface area contributed by atoms with Crippen LogP contribution < -0.4 is 5.32 Å². The quantitative estimate of drug-likeness (QED) is 0.896. The third-order valence-electron chi connectivity index (χ3n) is 5.80. The zero-order valence-electron chi connectivity index (χ0n) is 13.5. The van der Waals surface area contributed by atoms with Gasteiger partial charge < -0.3 is 9.84 Å². The highest BCUT2D eigenvalue weighted by molar-refractivity contribution is 5.03. The molecule has 2 atom stereocenters. The topological polar surface area (TPSA) is 51.0 Å². The molecule has 118 valence electrons. The maximum absolute atomic E-state index is 5.57. The Balaban J connectivity index is 1.64. The summed E-state index contributed by atoms with van der Waals surface area (Å²) in [5.74, 6) is 3.19. The monoisotopic (exact) mass is 291 g/mol. The summed E-state index contributed by atoms with van der Waals surface area (Å²) in [6.45, 7) is 2.29. The molecule has 1 aromatic heterocycles. The Kier molecular flexibility index (Phi) is 4.63. The Morgan fingerprint density at radius 3 is 2.71 bits per heavy atom. The number of nitrogens with zero attached hydrogens (tertiary/aromatic N) is 2. The number of nitrogens with one attached hydrogen (secondary N) is 1. The molecule has 0 aliphatic heterocycles. The molecule has 0 spiro atoms. The summed E-state index contributed by atoms with van der Waals surface area (Å²) in [5, 5.41) is 7.82. The van der Waals surface area contributed by atoms with Crippen LogP contribution in [0.15, 0.2) is 4.52 Å². The molecule has 0 aromatic carbocycles. The summed E-state index contributed by atoms with van der Waals surface area (Å²) in [5.41, 5.74) is 0.184. The third kappa shape index (κ3) is 3.31. The Labute approximate surface area is 128 Å². The van der Waals surface area contributed by atoms with E-state index in [9.17, 15) is 0 Å². The van der Waals surface area contributed by atoms with Crippen LogP contribution in [0, 0.1) is 5.92 Å². The first-order chi connectivity index (χ1) is 10.2. The van der Waals surface area contributed by atoms with Gasteiger partial charge in [-0.05, 0) is 45.1 Å². The summed E-state index contributed by atoms with van der Waals surface area (Å²) in [6, 6.07) is 0. The molecule has 0 saturated heterocycles. The van der Waals surface area contributed by atoms with Crippen molar-refractivity contribution in [2.45, 2.75) is 82.6 Å². The minimum Gasteiger partial charge on any atom is -0.339 e. The van der Waals surface area contributed by atoms with E-state index in [1.165, 1.54) is 57.8 Å². The van der Waals surface area contributed by atoms with Crippen molar-refractivity contribution in [1.29, 1.82) is 0 Å². The molecule has 1 heterocycles. The van der Waals surface area contributed by atoms with E-state index in [1.807, 2.05) is 0 Å². The predicted octanol–water partition coefficient (Wildman–Crippen LogP) is 3.83. The van der Waals surface area contributed by atoms with Crippen LogP contribution in [0.5, 0.6) is 0 Å². The van der Waals surface area contributed by atoms with Crippen molar-refractivity contribution in [1.82, 2.24) is 15.5 Å². The van der Waals surface area contributed by atoms with Gasteiger partial charge in [0.25, 0.3) is 0 Å².